The third-order valence-corrected chi connectivity index (χ3v) is 5.16. The van der Waals surface area contributed by atoms with Crippen LogP contribution >= 0.6 is 0 Å². The highest BCUT2D eigenvalue weighted by Crippen LogP contribution is 2.60. The first-order chi connectivity index (χ1) is 8.68. The van der Waals surface area contributed by atoms with Crippen LogP contribution in [0, 0.1) is 17.3 Å². The van der Waals surface area contributed by atoms with Crippen LogP contribution in [0.5, 0.6) is 0 Å². The van der Waals surface area contributed by atoms with Gasteiger partial charge in [-0.05, 0) is 37.7 Å². The molecule has 0 radical (unpaired) electrons. The summed E-state index contributed by atoms with van der Waals surface area (Å²) in [6, 6.07) is 0. The summed E-state index contributed by atoms with van der Waals surface area (Å²) in [5, 5.41) is 0. The van der Waals surface area contributed by atoms with Crippen molar-refractivity contribution in [1.82, 2.24) is 0 Å². The summed E-state index contributed by atoms with van der Waals surface area (Å²) in [4.78, 5) is 10.9. The summed E-state index contributed by atoms with van der Waals surface area (Å²) in [5.41, 5.74) is 0.177. The van der Waals surface area contributed by atoms with E-state index in [1.54, 1.807) is 0 Å². The maximum atomic E-state index is 10.9. The Morgan fingerprint density at radius 2 is 2.05 bits per heavy atom. The highest BCUT2D eigenvalue weighted by atomic mass is 16.6. The van der Waals surface area contributed by atoms with Crippen molar-refractivity contribution >= 4 is 5.97 Å². The molecule has 2 fully saturated rings. The van der Waals surface area contributed by atoms with Gasteiger partial charge in [0.15, 0.2) is 0 Å². The van der Waals surface area contributed by atoms with Crippen LogP contribution in [0.3, 0.4) is 0 Å². The van der Waals surface area contributed by atoms with Gasteiger partial charge in [0, 0.05) is 12.8 Å². The zero-order valence-corrected chi connectivity index (χ0v) is 12.9. The molecule has 19 heavy (non-hydrogen) atoms. The minimum Gasteiger partial charge on any atom is -0.459 e. The number of epoxide rings is 1. The van der Waals surface area contributed by atoms with Crippen LogP contribution in [0.15, 0.2) is 12.2 Å². The Labute approximate surface area is 116 Å². The first-order valence-corrected chi connectivity index (χ1v) is 7.21. The Morgan fingerprint density at radius 1 is 1.42 bits per heavy atom. The van der Waals surface area contributed by atoms with Crippen molar-refractivity contribution in [3.05, 3.63) is 12.2 Å². The maximum absolute atomic E-state index is 10.9. The van der Waals surface area contributed by atoms with Gasteiger partial charge in [-0.2, -0.15) is 0 Å². The predicted octanol–water partition coefficient (Wildman–Crippen LogP) is 3.33. The average Bonchev–Trinajstić information content (AvgIpc) is 2.87. The molecule has 1 heterocycles. The molecular formula is C16H26O3. The van der Waals surface area contributed by atoms with E-state index in [-0.39, 0.29) is 23.1 Å². The fraction of sp³-hybridized carbons (Fsp3) is 0.812. The highest BCUT2D eigenvalue weighted by molar-refractivity contribution is 5.66. The number of esters is 1. The minimum atomic E-state index is -0.236. The lowest BCUT2D eigenvalue weighted by atomic mass is 9.59. The Hall–Kier alpha value is -0.830. The van der Waals surface area contributed by atoms with E-state index < -0.39 is 0 Å². The van der Waals surface area contributed by atoms with E-state index >= 15 is 0 Å². The lowest BCUT2D eigenvalue weighted by Crippen LogP contribution is -2.44. The summed E-state index contributed by atoms with van der Waals surface area (Å²) >= 11 is 0. The van der Waals surface area contributed by atoms with Gasteiger partial charge in [0.05, 0.1) is 11.7 Å². The van der Waals surface area contributed by atoms with Gasteiger partial charge in [-0.3, -0.25) is 4.79 Å². The van der Waals surface area contributed by atoms with Gasteiger partial charge < -0.3 is 9.47 Å². The highest BCUT2D eigenvalue weighted by Gasteiger charge is 2.65. The molecule has 2 rings (SSSR count). The van der Waals surface area contributed by atoms with Gasteiger partial charge in [0.25, 0.3) is 0 Å². The molecule has 0 N–H and O–H groups in total. The van der Waals surface area contributed by atoms with Crippen molar-refractivity contribution in [2.45, 2.75) is 65.8 Å². The third kappa shape index (κ3) is 2.58. The topological polar surface area (TPSA) is 38.8 Å². The van der Waals surface area contributed by atoms with Gasteiger partial charge in [-0.15, -0.1) is 0 Å². The van der Waals surface area contributed by atoms with Crippen LogP contribution in [0.4, 0.5) is 0 Å². The van der Waals surface area contributed by atoms with Crippen LogP contribution in [0.1, 0.15) is 48.0 Å². The van der Waals surface area contributed by atoms with Crippen molar-refractivity contribution in [2.24, 2.45) is 17.3 Å². The first-order valence-electron chi connectivity index (χ1n) is 7.21. The summed E-state index contributed by atoms with van der Waals surface area (Å²) < 4.78 is 11.1. The third-order valence-electron chi connectivity index (χ3n) is 5.16. The summed E-state index contributed by atoms with van der Waals surface area (Å²) in [7, 11) is 0. The standard InChI is InChI=1S/C16H26O3/c1-10-9-14-16(6,19-14)13(15(10,4)5)8-7-11(2)18-12(3)17/h7-8,10-11,13-14H,9H2,1-6H3/t10-,11-,13+,14-,16+/m1/s1. The van der Waals surface area contributed by atoms with Crippen molar-refractivity contribution in [3.63, 3.8) is 0 Å². The molecule has 0 unspecified atom stereocenters. The van der Waals surface area contributed by atoms with E-state index in [0.29, 0.717) is 17.9 Å². The minimum absolute atomic E-state index is 0.0253. The van der Waals surface area contributed by atoms with Gasteiger partial charge in [0.1, 0.15) is 6.10 Å². The second-order valence-electron chi connectivity index (χ2n) is 6.93. The van der Waals surface area contributed by atoms with E-state index in [2.05, 4.69) is 33.8 Å². The van der Waals surface area contributed by atoms with E-state index in [4.69, 9.17) is 9.47 Å². The molecular weight excluding hydrogens is 240 g/mol. The van der Waals surface area contributed by atoms with Gasteiger partial charge in [0.2, 0.25) is 0 Å². The van der Waals surface area contributed by atoms with Crippen LogP contribution in [0.25, 0.3) is 0 Å². The molecule has 0 aromatic carbocycles. The number of hydrogen-bond donors (Lipinski definition) is 0. The molecule has 1 aliphatic carbocycles. The smallest absolute Gasteiger partial charge is 0.303 e. The van der Waals surface area contributed by atoms with Gasteiger partial charge in [-0.25, -0.2) is 0 Å². The monoisotopic (exact) mass is 266 g/mol. The first kappa shape index (κ1) is 14.6. The molecule has 3 heteroatoms. The van der Waals surface area contributed by atoms with Crippen molar-refractivity contribution in [1.29, 1.82) is 0 Å². The molecule has 1 saturated heterocycles. The predicted molar refractivity (Wildman–Crippen MR) is 74.7 cm³/mol. The van der Waals surface area contributed by atoms with E-state index in [1.165, 1.54) is 6.92 Å². The Kier molecular flexibility index (Phi) is 3.54. The number of hydrogen-bond acceptors (Lipinski definition) is 3. The molecule has 0 aromatic heterocycles. The number of fused-ring (bicyclic) bond motifs is 1. The molecule has 0 spiro atoms. The molecule has 0 bridgehead atoms. The molecule has 108 valence electrons. The maximum Gasteiger partial charge on any atom is 0.303 e. The van der Waals surface area contributed by atoms with Crippen molar-refractivity contribution < 1.29 is 14.3 Å². The van der Waals surface area contributed by atoms with E-state index in [1.807, 2.05) is 13.0 Å². The summed E-state index contributed by atoms with van der Waals surface area (Å²) in [6.45, 7) is 12.5. The lowest BCUT2D eigenvalue weighted by molar-refractivity contribution is -0.143. The summed E-state index contributed by atoms with van der Waals surface area (Å²) in [6.07, 6.45) is 5.56. The number of ether oxygens (including phenoxy) is 2. The summed E-state index contributed by atoms with van der Waals surface area (Å²) in [5.74, 6) is 0.763. The molecule has 2 aliphatic rings. The molecule has 1 aliphatic heterocycles. The van der Waals surface area contributed by atoms with Crippen LogP contribution in [-0.4, -0.2) is 23.8 Å². The number of carbonyl (C=O) groups is 1. The second-order valence-corrected chi connectivity index (χ2v) is 6.93. The van der Waals surface area contributed by atoms with E-state index in [0.717, 1.165) is 6.42 Å². The molecule has 3 nitrogen and oxygen atoms in total. The Bertz CT molecular complexity index is 399. The molecule has 5 atom stereocenters. The lowest BCUT2D eigenvalue weighted by Gasteiger charge is -2.43. The second kappa shape index (κ2) is 4.62. The quantitative estimate of drug-likeness (QED) is 0.447. The normalized spacial score (nSPS) is 41.7. The van der Waals surface area contributed by atoms with Gasteiger partial charge >= 0.3 is 5.97 Å². The van der Waals surface area contributed by atoms with Crippen molar-refractivity contribution in [3.8, 4) is 0 Å². The zero-order valence-electron chi connectivity index (χ0n) is 12.9. The van der Waals surface area contributed by atoms with Crippen molar-refractivity contribution in [2.75, 3.05) is 0 Å². The van der Waals surface area contributed by atoms with Crippen LogP contribution < -0.4 is 0 Å². The van der Waals surface area contributed by atoms with Crippen LogP contribution in [0.2, 0.25) is 0 Å². The van der Waals surface area contributed by atoms with Crippen LogP contribution in [-0.2, 0) is 14.3 Å². The molecule has 1 saturated carbocycles. The molecule has 0 aromatic rings. The largest absolute Gasteiger partial charge is 0.459 e. The fourth-order valence-corrected chi connectivity index (χ4v) is 3.51. The number of carbonyl (C=O) groups excluding carboxylic acids is 1. The zero-order chi connectivity index (χ0) is 14.4. The Balaban J connectivity index is 2.12. The molecule has 0 amide bonds. The van der Waals surface area contributed by atoms with E-state index in [9.17, 15) is 4.79 Å². The van der Waals surface area contributed by atoms with Gasteiger partial charge in [-0.1, -0.05) is 26.8 Å². The number of rotatable bonds is 3. The SMILES string of the molecule is CC(=O)O[C@H](C)C=C[C@H]1C(C)(C)[C@H](C)C[C@H]2O[C@]21C. The average molecular weight is 266 g/mol. The Morgan fingerprint density at radius 3 is 2.63 bits per heavy atom. The fourth-order valence-electron chi connectivity index (χ4n) is 3.51.